The fourth-order valence-corrected chi connectivity index (χ4v) is 1.84. The van der Waals surface area contributed by atoms with E-state index in [4.69, 9.17) is 5.11 Å². The highest BCUT2D eigenvalue weighted by molar-refractivity contribution is 5.95. The Hall–Kier alpha value is -2.10. The number of hydrogen-bond donors (Lipinski definition) is 1. The monoisotopic (exact) mass is 230 g/mol. The third-order valence-corrected chi connectivity index (χ3v) is 2.59. The summed E-state index contributed by atoms with van der Waals surface area (Å²) >= 11 is 0. The van der Waals surface area contributed by atoms with Crippen molar-refractivity contribution in [2.75, 3.05) is 0 Å². The molecule has 0 unspecified atom stereocenters. The Morgan fingerprint density at radius 3 is 2.82 bits per heavy atom. The minimum absolute atomic E-state index is 0.311. The van der Waals surface area contributed by atoms with Gasteiger partial charge < -0.3 is 5.11 Å². The first-order chi connectivity index (χ1) is 8.24. The Morgan fingerprint density at radius 2 is 2.12 bits per heavy atom. The number of aryl methyl sites for hydroxylation is 1. The van der Waals surface area contributed by atoms with Crippen LogP contribution in [0, 0.1) is 0 Å². The summed E-state index contributed by atoms with van der Waals surface area (Å²) in [5, 5.41) is 13.4. The Balaban J connectivity index is 2.52. The number of aromatic carboxylic acids is 1. The lowest BCUT2D eigenvalue weighted by Gasteiger charge is -2.08. The van der Waals surface area contributed by atoms with Gasteiger partial charge in [-0.2, -0.15) is 5.10 Å². The van der Waals surface area contributed by atoms with E-state index >= 15 is 0 Å². The van der Waals surface area contributed by atoms with Crippen LogP contribution in [-0.2, 0) is 6.54 Å². The average molecular weight is 230 g/mol. The smallest absolute Gasteiger partial charge is 0.336 e. The SMILES string of the molecule is CCCn1nccc1-c1ccccc1C(=O)O. The highest BCUT2D eigenvalue weighted by atomic mass is 16.4. The molecule has 4 heteroatoms. The molecule has 0 saturated heterocycles. The van der Waals surface area contributed by atoms with E-state index in [-0.39, 0.29) is 0 Å². The molecule has 0 spiro atoms. The highest BCUT2D eigenvalue weighted by Crippen LogP contribution is 2.23. The van der Waals surface area contributed by atoms with E-state index in [1.165, 1.54) is 0 Å². The highest BCUT2D eigenvalue weighted by Gasteiger charge is 2.13. The maximum Gasteiger partial charge on any atom is 0.336 e. The second kappa shape index (κ2) is 4.82. The fourth-order valence-electron chi connectivity index (χ4n) is 1.84. The van der Waals surface area contributed by atoms with Gasteiger partial charge in [0.1, 0.15) is 0 Å². The zero-order valence-corrected chi connectivity index (χ0v) is 9.63. The molecule has 88 valence electrons. The van der Waals surface area contributed by atoms with Gasteiger partial charge in [0, 0.05) is 18.3 Å². The van der Waals surface area contributed by atoms with Crippen LogP contribution in [0.15, 0.2) is 36.5 Å². The van der Waals surface area contributed by atoms with Gasteiger partial charge in [-0.25, -0.2) is 4.79 Å². The Morgan fingerprint density at radius 1 is 1.35 bits per heavy atom. The molecule has 0 aliphatic rings. The molecular formula is C13H14N2O2. The molecule has 17 heavy (non-hydrogen) atoms. The minimum Gasteiger partial charge on any atom is -0.478 e. The zero-order valence-electron chi connectivity index (χ0n) is 9.63. The molecular weight excluding hydrogens is 216 g/mol. The van der Waals surface area contributed by atoms with Gasteiger partial charge in [-0.1, -0.05) is 25.1 Å². The van der Waals surface area contributed by atoms with Crippen molar-refractivity contribution in [3.63, 3.8) is 0 Å². The first kappa shape index (κ1) is 11.4. The minimum atomic E-state index is -0.912. The van der Waals surface area contributed by atoms with Crippen LogP contribution in [0.5, 0.6) is 0 Å². The summed E-state index contributed by atoms with van der Waals surface area (Å²) in [6, 6.07) is 8.84. The van der Waals surface area contributed by atoms with E-state index < -0.39 is 5.97 Å². The summed E-state index contributed by atoms with van der Waals surface area (Å²) in [5.41, 5.74) is 1.88. The number of benzene rings is 1. The van der Waals surface area contributed by atoms with Gasteiger partial charge in [-0.05, 0) is 18.6 Å². The summed E-state index contributed by atoms with van der Waals surface area (Å²) in [5.74, 6) is -0.912. The van der Waals surface area contributed by atoms with Crippen molar-refractivity contribution in [1.82, 2.24) is 9.78 Å². The van der Waals surface area contributed by atoms with Crippen molar-refractivity contribution in [2.45, 2.75) is 19.9 Å². The standard InChI is InChI=1S/C13H14N2O2/c1-2-9-15-12(7-8-14-15)10-5-3-4-6-11(10)13(16)17/h3-8H,2,9H2,1H3,(H,16,17). The number of carboxylic acid groups (broad SMARTS) is 1. The largest absolute Gasteiger partial charge is 0.478 e. The first-order valence-corrected chi connectivity index (χ1v) is 5.58. The van der Waals surface area contributed by atoms with E-state index in [0.29, 0.717) is 11.1 Å². The van der Waals surface area contributed by atoms with Crippen molar-refractivity contribution in [3.8, 4) is 11.3 Å². The van der Waals surface area contributed by atoms with E-state index in [9.17, 15) is 4.79 Å². The van der Waals surface area contributed by atoms with Crippen molar-refractivity contribution in [2.24, 2.45) is 0 Å². The summed E-state index contributed by atoms with van der Waals surface area (Å²) in [6.07, 6.45) is 2.66. The Labute approximate surface area is 99.5 Å². The zero-order chi connectivity index (χ0) is 12.3. The van der Waals surface area contributed by atoms with Gasteiger partial charge in [0.2, 0.25) is 0 Å². The van der Waals surface area contributed by atoms with Gasteiger partial charge in [-0.15, -0.1) is 0 Å². The molecule has 1 aromatic carbocycles. The number of rotatable bonds is 4. The summed E-state index contributed by atoms with van der Waals surface area (Å²) in [7, 11) is 0. The second-order valence-corrected chi connectivity index (χ2v) is 3.79. The predicted octanol–water partition coefficient (Wildman–Crippen LogP) is 2.66. The molecule has 4 nitrogen and oxygen atoms in total. The van der Waals surface area contributed by atoms with Gasteiger partial charge in [0.05, 0.1) is 11.3 Å². The van der Waals surface area contributed by atoms with Crippen molar-refractivity contribution in [1.29, 1.82) is 0 Å². The van der Waals surface area contributed by atoms with Crippen LogP contribution in [0.1, 0.15) is 23.7 Å². The van der Waals surface area contributed by atoms with E-state index in [1.807, 2.05) is 22.9 Å². The number of carbonyl (C=O) groups is 1. The van der Waals surface area contributed by atoms with Crippen LogP contribution in [-0.4, -0.2) is 20.9 Å². The van der Waals surface area contributed by atoms with Crippen molar-refractivity contribution < 1.29 is 9.90 Å². The molecule has 1 N–H and O–H groups in total. The topological polar surface area (TPSA) is 55.1 Å². The third-order valence-electron chi connectivity index (χ3n) is 2.59. The maximum atomic E-state index is 11.2. The molecule has 1 aromatic heterocycles. The van der Waals surface area contributed by atoms with Crippen LogP contribution in [0.2, 0.25) is 0 Å². The first-order valence-electron chi connectivity index (χ1n) is 5.58. The van der Waals surface area contributed by atoms with Crippen LogP contribution in [0.3, 0.4) is 0 Å². The fraction of sp³-hybridized carbons (Fsp3) is 0.231. The predicted molar refractivity (Wildman–Crippen MR) is 64.9 cm³/mol. The lowest BCUT2D eigenvalue weighted by Crippen LogP contribution is -2.05. The molecule has 2 aromatic rings. The van der Waals surface area contributed by atoms with Gasteiger partial charge in [0.25, 0.3) is 0 Å². The molecule has 0 atom stereocenters. The quantitative estimate of drug-likeness (QED) is 0.878. The van der Waals surface area contributed by atoms with Gasteiger partial charge >= 0.3 is 5.97 Å². The molecule has 2 rings (SSSR count). The Kier molecular flexibility index (Phi) is 3.23. The normalized spacial score (nSPS) is 10.4. The third kappa shape index (κ3) is 2.20. The van der Waals surface area contributed by atoms with Gasteiger partial charge in [-0.3, -0.25) is 4.68 Å². The lowest BCUT2D eigenvalue weighted by molar-refractivity contribution is 0.0697. The molecule has 1 heterocycles. The molecule has 0 fully saturated rings. The molecule has 0 bridgehead atoms. The summed E-state index contributed by atoms with van der Waals surface area (Å²) in [6.45, 7) is 2.85. The molecule has 0 aliphatic carbocycles. The second-order valence-electron chi connectivity index (χ2n) is 3.79. The molecule has 0 radical (unpaired) electrons. The van der Waals surface area contributed by atoms with Crippen LogP contribution < -0.4 is 0 Å². The number of nitrogens with zero attached hydrogens (tertiary/aromatic N) is 2. The summed E-state index contributed by atoms with van der Waals surface area (Å²) in [4.78, 5) is 11.2. The van der Waals surface area contributed by atoms with Crippen molar-refractivity contribution in [3.05, 3.63) is 42.1 Å². The Bertz CT molecular complexity index is 532. The van der Waals surface area contributed by atoms with E-state index in [0.717, 1.165) is 18.7 Å². The molecule has 0 amide bonds. The average Bonchev–Trinajstić information content (AvgIpc) is 2.77. The summed E-state index contributed by atoms with van der Waals surface area (Å²) < 4.78 is 1.84. The number of hydrogen-bond acceptors (Lipinski definition) is 2. The maximum absolute atomic E-state index is 11.2. The number of carboxylic acids is 1. The van der Waals surface area contributed by atoms with Crippen LogP contribution >= 0.6 is 0 Å². The molecule has 0 saturated carbocycles. The molecule has 0 aliphatic heterocycles. The van der Waals surface area contributed by atoms with E-state index in [1.54, 1.807) is 18.3 Å². The number of aromatic nitrogens is 2. The van der Waals surface area contributed by atoms with Crippen LogP contribution in [0.4, 0.5) is 0 Å². The van der Waals surface area contributed by atoms with E-state index in [2.05, 4.69) is 12.0 Å². The lowest BCUT2D eigenvalue weighted by atomic mass is 10.0. The van der Waals surface area contributed by atoms with Gasteiger partial charge in [0.15, 0.2) is 0 Å². The van der Waals surface area contributed by atoms with Crippen molar-refractivity contribution >= 4 is 5.97 Å². The van der Waals surface area contributed by atoms with Crippen LogP contribution in [0.25, 0.3) is 11.3 Å².